The lowest BCUT2D eigenvalue weighted by Crippen LogP contribution is -2.34. The Morgan fingerprint density at radius 1 is 1.32 bits per heavy atom. The Balaban J connectivity index is 2.83. The molecule has 0 heterocycles. The number of carbonyl (C=O) groups is 1. The van der Waals surface area contributed by atoms with E-state index in [0.29, 0.717) is 5.69 Å². The first kappa shape index (κ1) is 16.1. The fourth-order valence-electron chi connectivity index (χ4n) is 1.35. The zero-order valence-corrected chi connectivity index (χ0v) is 12.7. The third-order valence-electron chi connectivity index (χ3n) is 2.13. The van der Waals surface area contributed by atoms with Crippen LogP contribution in [-0.4, -0.2) is 17.6 Å². The highest BCUT2D eigenvalue weighted by molar-refractivity contribution is 6.39. The lowest BCUT2D eigenvalue weighted by molar-refractivity contribution is -0.155. The summed E-state index contributed by atoms with van der Waals surface area (Å²) in [5, 5.41) is 3.05. The largest absolute Gasteiger partial charge is 0.458 e. The average molecular weight is 308 g/mol. The van der Waals surface area contributed by atoms with Crippen LogP contribution in [0.5, 0.6) is 0 Å². The summed E-state index contributed by atoms with van der Waals surface area (Å²) in [6.45, 7) is 6.94. The first-order chi connectivity index (χ1) is 8.60. The van der Waals surface area contributed by atoms with E-state index < -0.39 is 23.4 Å². The molecule has 6 heteroatoms. The molecule has 0 aliphatic rings. The van der Waals surface area contributed by atoms with Gasteiger partial charge in [0.1, 0.15) is 17.5 Å². The molecule has 1 rings (SSSR count). The lowest BCUT2D eigenvalue weighted by Gasteiger charge is -2.23. The Hall–Kier alpha value is -1.00. The van der Waals surface area contributed by atoms with Crippen molar-refractivity contribution in [1.82, 2.24) is 0 Å². The van der Waals surface area contributed by atoms with E-state index in [4.69, 9.17) is 27.9 Å². The van der Waals surface area contributed by atoms with E-state index in [-0.39, 0.29) is 10.0 Å². The number of hydrogen-bond donors (Lipinski definition) is 1. The Morgan fingerprint density at radius 3 is 2.21 bits per heavy atom. The zero-order valence-electron chi connectivity index (χ0n) is 11.2. The van der Waals surface area contributed by atoms with Crippen LogP contribution >= 0.6 is 23.2 Å². The molecule has 0 fully saturated rings. The molecule has 0 saturated heterocycles. The van der Waals surface area contributed by atoms with Crippen LogP contribution in [0.2, 0.25) is 10.0 Å². The van der Waals surface area contributed by atoms with Crippen LogP contribution in [-0.2, 0) is 9.53 Å². The fourth-order valence-corrected chi connectivity index (χ4v) is 1.92. The van der Waals surface area contributed by atoms with Crippen LogP contribution in [0.4, 0.5) is 10.1 Å². The van der Waals surface area contributed by atoms with Gasteiger partial charge in [-0.15, -0.1) is 0 Å². The summed E-state index contributed by atoms with van der Waals surface area (Å²) in [6, 6.07) is 1.59. The van der Waals surface area contributed by atoms with Crippen LogP contribution in [0, 0.1) is 5.82 Å². The first-order valence-electron chi connectivity index (χ1n) is 5.74. The van der Waals surface area contributed by atoms with Crippen molar-refractivity contribution < 1.29 is 13.9 Å². The molecule has 1 aromatic carbocycles. The number of esters is 1. The summed E-state index contributed by atoms with van der Waals surface area (Å²) in [6.07, 6.45) is 0. The highest BCUT2D eigenvalue weighted by Crippen LogP contribution is 2.32. The second-order valence-electron chi connectivity index (χ2n) is 5.14. The van der Waals surface area contributed by atoms with Crippen molar-refractivity contribution in [2.45, 2.75) is 39.3 Å². The third kappa shape index (κ3) is 4.88. The number of hydrogen-bond acceptors (Lipinski definition) is 3. The molecule has 106 valence electrons. The summed E-state index contributed by atoms with van der Waals surface area (Å²) in [7, 11) is 0. The molecular weight excluding hydrogens is 292 g/mol. The molecule has 0 spiro atoms. The van der Waals surface area contributed by atoms with Crippen molar-refractivity contribution in [3.63, 3.8) is 0 Å². The molecule has 0 aromatic heterocycles. The van der Waals surface area contributed by atoms with Gasteiger partial charge < -0.3 is 10.1 Å². The summed E-state index contributed by atoms with van der Waals surface area (Å²) in [5.41, 5.74) is -0.272. The molecule has 0 radical (unpaired) electrons. The second-order valence-corrected chi connectivity index (χ2v) is 5.96. The molecule has 19 heavy (non-hydrogen) atoms. The lowest BCUT2D eigenvalue weighted by atomic mass is 10.2. The van der Waals surface area contributed by atoms with Crippen molar-refractivity contribution >= 4 is 34.9 Å². The van der Waals surface area contributed by atoms with Crippen LogP contribution in [0.15, 0.2) is 12.1 Å². The smallest absolute Gasteiger partial charge is 0.328 e. The average Bonchev–Trinajstić information content (AvgIpc) is 2.20. The number of rotatable bonds is 3. The highest BCUT2D eigenvalue weighted by atomic mass is 35.5. The van der Waals surface area contributed by atoms with Gasteiger partial charge in [-0.3, -0.25) is 0 Å². The summed E-state index contributed by atoms with van der Waals surface area (Å²) >= 11 is 11.8. The monoisotopic (exact) mass is 307 g/mol. The van der Waals surface area contributed by atoms with Gasteiger partial charge in [-0.1, -0.05) is 23.2 Å². The predicted molar refractivity (Wildman–Crippen MR) is 75.3 cm³/mol. The highest BCUT2D eigenvalue weighted by Gasteiger charge is 2.23. The Bertz CT molecular complexity index is 463. The van der Waals surface area contributed by atoms with Crippen molar-refractivity contribution in [2.75, 3.05) is 5.32 Å². The number of anilines is 1. The van der Waals surface area contributed by atoms with E-state index in [2.05, 4.69) is 5.32 Å². The van der Waals surface area contributed by atoms with E-state index in [0.717, 1.165) is 12.1 Å². The number of halogens is 3. The Kier molecular flexibility index (Phi) is 5.04. The molecule has 0 aliphatic heterocycles. The van der Waals surface area contributed by atoms with Gasteiger partial charge in [-0.05, 0) is 39.8 Å². The maximum absolute atomic E-state index is 13.0. The number of ether oxygens (including phenoxy) is 1. The molecule has 0 saturated carbocycles. The van der Waals surface area contributed by atoms with Gasteiger partial charge in [-0.25, -0.2) is 9.18 Å². The number of nitrogens with one attached hydrogen (secondary N) is 1. The van der Waals surface area contributed by atoms with Crippen molar-refractivity contribution in [1.29, 1.82) is 0 Å². The first-order valence-corrected chi connectivity index (χ1v) is 6.49. The minimum absolute atomic E-state index is 0.111. The molecule has 0 amide bonds. The van der Waals surface area contributed by atoms with Gasteiger partial charge in [0.25, 0.3) is 0 Å². The fraction of sp³-hybridized carbons (Fsp3) is 0.462. The SMILES string of the molecule is CC(Nc1c(Cl)cc(F)cc1Cl)C(=O)OC(C)(C)C. The summed E-state index contributed by atoms with van der Waals surface area (Å²) in [5.74, 6) is -0.977. The molecule has 1 aromatic rings. The molecule has 1 unspecified atom stereocenters. The van der Waals surface area contributed by atoms with Crippen molar-refractivity contribution in [3.05, 3.63) is 28.0 Å². The Labute approximate surface area is 122 Å². The predicted octanol–water partition coefficient (Wildman–Crippen LogP) is 4.27. The van der Waals surface area contributed by atoms with E-state index in [9.17, 15) is 9.18 Å². The maximum atomic E-state index is 13.0. The van der Waals surface area contributed by atoms with Crippen LogP contribution in [0.1, 0.15) is 27.7 Å². The quantitative estimate of drug-likeness (QED) is 0.847. The normalized spacial score (nSPS) is 13.0. The Morgan fingerprint density at radius 2 is 1.79 bits per heavy atom. The molecule has 3 nitrogen and oxygen atoms in total. The van der Waals surface area contributed by atoms with Crippen LogP contribution in [0.25, 0.3) is 0 Å². The van der Waals surface area contributed by atoms with Crippen LogP contribution < -0.4 is 5.32 Å². The van der Waals surface area contributed by atoms with Gasteiger partial charge in [0.2, 0.25) is 0 Å². The van der Waals surface area contributed by atoms with Gasteiger partial charge in [0, 0.05) is 0 Å². The number of benzene rings is 1. The zero-order chi connectivity index (χ0) is 14.8. The maximum Gasteiger partial charge on any atom is 0.328 e. The van der Waals surface area contributed by atoms with E-state index in [1.807, 2.05) is 0 Å². The summed E-state index contributed by atoms with van der Waals surface area (Å²) < 4.78 is 18.3. The number of carbonyl (C=O) groups excluding carboxylic acids is 1. The van der Waals surface area contributed by atoms with E-state index >= 15 is 0 Å². The van der Waals surface area contributed by atoms with Gasteiger partial charge in [0.15, 0.2) is 0 Å². The van der Waals surface area contributed by atoms with Crippen LogP contribution in [0.3, 0.4) is 0 Å². The minimum Gasteiger partial charge on any atom is -0.458 e. The molecule has 1 atom stereocenters. The third-order valence-corrected chi connectivity index (χ3v) is 2.72. The van der Waals surface area contributed by atoms with Crippen molar-refractivity contribution in [3.8, 4) is 0 Å². The molecule has 0 bridgehead atoms. The van der Waals surface area contributed by atoms with Gasteiger partial charge >= 0.3 is 5.97 Å². The standard InChI is InChI=1S/C13H16Cl2FNO2/c1-7(12(18)19-13(2,3)4)17-11-9(14)5-8(16)6-10(11)15/h5-7,17H,1-4H3. The molecular formula is C13H16Cl2FNO2. The summed E-state index contributed by atoms with van der Waals surface area (Å²) in [4.78, 5) is 11.8. The minimum atomic E-state index is -0.653. The van der Waals surface area contributed by atoms with Gasteiger partial charge in [-0.2, -0.15) is 0 Å². The van der Waals surface area contributed by atoms with E-state index in [1.54, 1.807) is 27.7 Å². The molecule has 0 aliphatic carbocycles. The van der Waals surface area contributed by atoms with E-state index in [1.165, 1.54) is 0 Å². The topological polar surface area (TPSA) is 38.3 Å². The van der Waals surface area contributed by atoms with Gasteiger partial charge in [0.05, 0.1) is 15.7 Å². The molecule has 1 N–H and O–H groups in total. The second kappa shape index (κ2) is 5.97. The van der Waals surface area contributed by atoms with Crippen molar-refractivity contribution in [2.24, 2.45) is 0 Å².